The molecule has 2 aliphatic heterocycles. The summed E-state index contributed by atoms with van der Waals surface area (Å²) in [6.07, 6.45) is 2.66. The Kier molecular flexibility index (Phi) is 7.80. The summed E-state index contributed by atoms with van der Waals surface area (Å²) in [6.45, 7) is 7.92. The lowest BCUT2D eigenvalue weighted by molar-refractivity contribution is -0.175. The highest BCUT2D eigenvalue weighted by Crippen LogP contribution is 2.40. The van der Waals surface area contributed by atoms with Gasteiger partial charge >= 0.3 is 17.9 Å². The Morgan fingerprint density at radius 3 is 2.65 bits per heavy atom. The number of rotatable bonds is 5. The number of ether oxygens (including phenoxy) is 3. The normalized spacial score (nSPS) is 35.3. The fourth-order valence-corrected chi connectivity index (χ4v) is 4.50. The lowest BCUT2D eigenvalue weighted by Gasteiger charge is -2.37. The zero-order chi connectivity index (χ0) is 25.2. The van der Waals surface area contributed by atoms with Gasteiger partial charge in [-0.1, -0.05) is 32.1 Å². The summed E-state index contributed by atoms with van der Waals surface area (Å²) >= 11 is 0. The van der Waals surface area contributed by atoms with Crippen molar-refractivity contribution in [2.24, 2.45) is 11.8 Å². The number of carbonyl (C=O) groups is 3. The highest BCUT2D eigenvalue weighted by Gasteiger charge is 2.48. The first-order chi connectivity index (χ1) is 16.0. The molecule has 1 fully saturated rings. The molecule has 1 aliphatic carbocycles. The van der Waals surface area contributed by atoms with Gasteiger partial charge < -0.3 is 29.5 Å². The van der Waals surface area contributed by atoms with E-state index < -0.39 is 66.9 Å². The molecule has 0 saturated carbocycles. The van der Waals surface area contributed by atoms with Crippen LogP contribution in [-0.4, -0.2) is 70.4 Å². The average molecular weight is 477 g/mol. The number of fused-ring (bicyclic) bond motifs is 3. The maximum absolute atomic E-state index is 12.9. The van der Waals surface area contributed by atoms with Gasteiger partial charge in [-0.25, -0.2) is 14.4 Å². The molecule has 0 unspecified atom stereocenters. The maximum Gasteiger partial charge on any atom is 0.339 e. The minimum absolute atomic E-state index is 0.0367. The molecule has 0 aromatic carbocycles. The standard InChI is InChI=1S/C25H32O9/c1-13(2)25(31)11-16-5-6-18(34-24(25)30)14(3)9-19-21(15(4)22(28)32-19)20(10-16)33-23(29)17(12-27)7-8-26/h5,7,9,13,18-21,26-27,31H,4,6,8,10-12H2,1-3H3/b14-9-,16-5-,17-7-/t18-,19+,20+,21-,25+/m0/s1. The molecule has 0 amide bonds. The van der Waals surface area contributed by atoms with Gasteiger partial charge in [-0.05, 0) is 30.6 Å². The summed E-state index contributed by atoms with van der Waals surface area (Å²) in [5.74, 6) is -3.40. The quantitative estimate of drug-likeness (QED) is 0.232. The van der Waals surface area contributed by atoms with Crippen molar-refractivity contribution in [3.63, 3.8) is 0 Å². The van der Waals surface area contributed by atoms with Crippen LogP contribution in [0.25, 0.3) is 0 Å². The highest BCUT2D eigenvalue weighted by molar-refractivity contribution is 5.92. The van der Waals surface area contributed by atoms with Gasteiger partial charge in [0.2, 0.25) is 0 Å². The van der Waals surface area contributed by atoms with Crippen molar-refractivity contribution in [3.05, 3.63) is 47.1 Å². The van der Waals surface area contributed by atoms with Crippen molar-refractivity contribution < 1.29 is 43.9 Å². The number of hydrogen-bond donors (Lipinski definition) is 3. The third-order valence-corrected chi connectivity index (χ3v) is 6.76. The summed E-state index contributed by atoms with van der Waals surface area (Å²) in [7, 11) is 0. The van der Waals surface area contributed by atoms with E-state index in [9.17, 15) is 24.6 Å². The Labute approximate surface area is 198 Å². The Balaban J connectivity index is 2.09. The molecule has 1 saturated heterocycles. The summed E-state index contributed by atoms with van der Waals surface area (Å²) in [5.41, 5.74) is -0.504. The van der Waals surface area contributed by atoms with E-state index in [2.05, 4.69) is 6.58 Å². The van der Waals surface area contributed by atoms with E-state index in [0.717, 1.165) is 6.08 Å². The van der Waals surface area contributed by atoms with Gasteiger partial charge in [0.15, 0.2) is 5.60 Å². The molecule has 0 aromatic heterocycles. The molecule has 0 aromatic rings. The van der Waals surface area contributed by atoms with Crippen LogP contribution in [0.1, 0.15) is 40.0 Å². The van der Waals surface area contributed by atoms with Crippen LogP contribution >= 0.6 is 0 Å². The van der Waals surface area contributed by atoms with Crippen molar-refractivity contribution in [2.75, 3.05) is 13.2 Å². The first-order valence-corrected chi connectivity index (χ1v) is 11.3. The van der Waals surface area contributed by atoms with Gasteiger partial charge in [-0.3, -0.25) is 0 Å². The van der Waals surface area contributed by atoms with Gasteiger partial charge in [0.05, 0.1) is 24.7 Å². The fourth-order valence-electron chi connectivity index (χ4n) is 4.50. The molecule has 3 rings (SSSR count). The largest absolute Gasteiger partial charge is 0.458 e. The molecule has 5 atom stereocenters. The topological polar surface area (TPSA) is 140 Å². The number of aliphatic hydroxyl groups is 3. The van der Waals surface area contributed by atoms with E-state index >= 15 is 0 Å². The molecule has 3 N–H and O–H groups in total. The molecular weight excluding hydrogens is 444 g/mol. The lowest BCUT2D eigenvalue weighted by atomic mass is 9.78. The Hall–Kier alpha value is -2.75. The first-order valence-electron chi connectivity index (χ1n) is 11.3. The zero-order valence-electron chi connectivity index (χ0n) is 19.7. The second-order valence-corrected chi connectivity index (χ2v) is 9.30. The van der Waals surface area contributed by atoms with E-state index in [4.69, 9.17) is 19.3 Å². The van der Waals surface area contributed by atoms with Crippen LogP contribution in [0, 0.1) is 11.8 Å². The van der Waals surface area contributed by atoms with E-state index in [0.29, 0.717) is 17.6 Å². The van der Waals surface area contributed by atoms with Gasteiger partial charge in [-0.15, -0.1) is 0 Å². The van der Waals surface area contributed by atoms with Crippen LogP contribution < -0.4 is 0 Å². The molecule has 186 valence electrons. The minimum Gasteiger partial charge on any atom is -0.458 e. The predicted molar refractivity (Wildman–Crippen MR) is 120 cm³/mol. The second-order valence-electron chi connectivity index (χ2n) is 9.30. The van der Waals surface area contributed by atoms with E-state index in [1.807, 2.05) is 6.08 Å². The predicted octanol–water partition coefficient (Wildman–Crippen LogP) is 1.28. The molecule has 2 heterocycles. The van der Waals surface area contributed by atoms with E-state index in [-0.39, 0.29) is 24.0 Å². The summed E-state index contributed by atoms with van der Waals surface area (Å²) in [5, 5.41) is 29.9. The molecule has 2 bridgehead atoms. The highest BCUT2D eigenvalue weighted by atomic mass is 16.6. The summed E-state index contributed by atoms with van der Waals surface area (Å²) < 4.78 is 16.9. The van der Waals surface area contributed by atoms with E-state index in [1.54, 1.807) is 26.8 Å². The van der Waals surface area contributed by atoms with Crippen molar-refractivity contribution >= 4 is 17.9 Å². The molecule has 3 aliphatic rings. The van der Waals surface area contributed by atoms with Crippen LogP contribution in [0.4, 0.5) is 0 Å². The monoisotopic (exact) mass is 476 g/mol. The minimum atomic E-state index is -1.79. The molecule has 9 nitrogen and oxygen atoms in total. The smallest absolute Gasteiger partial charge is 0.339 e. The van der Waals surface area contributed by atoms with Crippen LogP contribution in [0.5, 0.6) is 0 Å². The lowest BCUT2D eigenvalue weighted by Crippen LogP contribution is -2.48. The Bertz CT molecular complexity index is 957. The number of hydrogen-bond acceptors (Lipinski definition) is 9. The molecule has 0 spiro atoms. The SMILES string of the molecule is C=C1C(=O)O[C@@H]2/C=C(/C)[C@@H]3C/C=C(/C[C@@H](OC(=O)/C(=C\CO)CO)[C@@H]12)C[C@@](O)(C(C)C)C(=O)O3. The van der Waals surface area contributed by atoms with Gasteiger partial charge in [0, 0.05) is 24.8 Å². The number of carbonyl (C=O) groups excluding carboxylic acids is 3. The van der Waals surface area contributed by atoms with Gasteiger partial charge in [0.25, 0.3) is 0 Å². The second kappa shape index (κ2) is 10.2. The van der Waals surface area contributed by atoms with E-state index in [1.165, 1.54) is 0 Å². The number of aliphatic hydroxyl groups excluding tert-OH is 2. The summed E-state index contributed by atoms with van der Waals surface area (Å²) in [6, 6.07) is 0. The van der Waals surface area contributed by atoms with Crippen molar-refractivity contribution in [2.45, 2.75) is 63.9 Å². The third-order valence-electron chi connectivity index (χ3n) is 6.76. The van der Waals surface area contributed by atoms with Gasteiger partial charge in [0.1, 0.15) is 18.3 Å². The fraction of sp³-hybridized carbons (Fsp3) is 0.560. The molecular formula is C25H32O9. The van der Waals surface area contributed by atoms with Gasteiger partial charge in [-0.2, -0.15) is 0 Å². The van der Waals surface area contributed by atoms with Crippen LogP contribution in [0.3, 0.4) is 0 Å². The van der Waals surface area contributed by atoms with Crippen LogP contribution in [0.15, 0.2) is 47.1 Å². The van der Waals surface area contributed by atoms with Crippen molar-refractivity contribution in [1.29, 1.82) is 0 Å². The molecule has 0 radical (unpaired) electrons. The Morgan fingerprint density at radius 2 is 2.03 bits per heavy atom. The van der Waals surface area contributed by atoms with Crippen LogP contribution in [0.2, 0.25) is 0 Å². The average Bonchev–Trinajstić information content (AvgIpc) is 3.04. The Morgan fingerprint density at radius 1 is 1.32 bits per heavy atom. The third kappa shape index (κ3) is 5.01. The van der Waals surface area contributed by atoms with Crippen molar-refractivity contribution in [3.8, 4) is 0 Å². The zero-order valence-corrected chi connectivity index (χ0v) is 19.7. The first kappa shape index (κ1) is 25.9. The maximum atomic E-state index is 12.9. The van der Waals surface area contributed by atoms with Crippen LogP contribution in [-0.2, 0) is 28.6 Å². The molecule has 9 heteroatoms. The number of esters is 3. The molecule has 34 heavy (non-hydrogen) atoms. The summed E-state index contributed by atoms with van der Waals surface area (Å²) in [4.78, 5) is 38.1. The van der Waals surface area contributed by atoms with Crippen molar-refractivity contribution in [1.82, 2.24) is 0 Å².